The highest BCUT2D eigenvalue weighted by atomic mass is 16.2. The van der Waals surface area contributed by atoms with Crippen molar-refractivity contribution in [2.75, 3.05) is 16.0 Å². The fourth-order valence-electron chi connectivity index (χ4n) is 3.88. The van der Waals surface area contributed by atoms with Gasteiger partial charge in [0.1, 0.15) is 0 Å². The monoisotopic (exact) mass is 465 g/mol. The van der Waals surface area contributed by atoms with Gasteiger partial charge in [-0.3, -0.25) is 9.59 Å². The zero-order valence-corrected chi connectivity index (χ0v) is 20.1. The maximum atomic E-state index is 12.9. The number of carbonyl (C=O) groups excluding carboxylic acids is 2. The van der Waals surface area contributed by atoms with Crippen molar-refractivity contribution in [3.8, 4) is 11.3 Å². The van der Waals surface area contributed by atoms with Crippen LogP contribution in [0.25, 0.3) is 11.3 Å². The number of hydrogen-bond acceptors (Lipinski definition) is 5. The lowest BCUT2D eigenvalue weighted by Crippen LogP contribution is -2.15. The summed E-state index contributed by atoms with van der Waals surface area (Å²) < 4.78 is 0. The van der Waals surface area contributed by atoms with Crippen LogP contribution in [-0.2, 0) is 4.79 Å². The molecule has 0 saturated carbocycles. The number of carbonyl (C=O) groups is 2. The van der Waals surface area contributed by atoms with Crippen molar-refractivity contribution >= 4 is 34.8 Å². The molecule has 1 aromatic heterocycles. The summed E-state index contributed by atoms with van der Waals surface area (Å²) in [6, 6.07) is 20.7. The van der Waals surface area contributed by atoms with Crippen LogP contribution in [0.4, 0.5) is 23.0 Å². The molecule has 0 aliphatic heterocycles. The van der Waals surface area contributed by atoms with Crippen LogP contribution in [0, 0.1) is 20.8 Å². The maximum Gasteiger partial charge on any atom is 0.256 e. The van der Waals surface area contributed by atoms with E-state index in [4.69, 9.17) is 4.98 Å². The number of amides is 2. The topological polar surface area (TPSA) is 96.0 Å². The molecule has 0 saturated heterocycles. The van der Waals surface area contributed by atoms with Gasteiger partial charge in [0.05, 0.1) is 5.69 Å². The first-order valence-electron chi connectivity index (χ1n) is 11.3. The van der Waals surface area contributed by atoms with E-state index in [1.54, 1.807) is 6.20 Å². The Labute approximate surface area is 204 Å². The number of nitrogens with zero attached hydrogens (tertiary/aromatic N) is 2. The molecular weight excluding hydrogens is 438 g/mol. The summed E-state index contributed by atoms with van der Waals surface area (Å²) in [7, 11) is 0. The third kappa shape index (κ3) is 5.70. The smallest absolute Gasteiger partial charge is 0.256 e. The highest BCUT2D eigenvalue weighted by molar-refractivity contribution is 6.06. The lowest BCUT2D eigenvalue weighted by Gasteiger charge is -2.13. The van der Waals surface area contributed by atoms with Gasteiger partial charge in [-0.25, -0.2) is 9.97 Å². The SMILES string of the molecule is CC(=O)Nc1ccc(-c2nc(Nc3cccc(NC(=O)c4c(C)cccc4C)c3)ncc2C)cc1. The molecule has 176 valence electrons. The first kappa shape index (κ1) is 23.6. The van der Waals surface area contributed by atoms with Crippen LogP contribution in [-0.4, -0.2) is 21.8 Å². The minimum absolute atomic E-state index is 0.116. The number of aryl methyl sites for hydroxylation is 3. The summed E-state index contributed by atoms with van der Waals surface area (Å²) in [4.78, 5) is 33.2. The van der Waals surface area contributed by atoms with Gasteiger partial charge < -0.3 is 16.0 Å². The summed E-state index contributed by atoms with van der Waals surface area (Å²) in [6.45, 7) is 7.29. The molecule has 0 fully saturated rings. The van der Waals surface area contributed by atoms with Crippen LogP contribution in [0.1, 0.15) is 34.0 Å². The Bertz CT molecular complexity index is 1380. The third-order valence-corrected chi connectivity index (χ3v) is 5.54. The molecule has 7 nitrogen and oxygen atoms in total. The predicted octanol–water partition coefficient (Wildman–Crippen LogP) is 6.02. The van der Waals surface area contributed by atoms with Gasteiger partial charge in [0.2, 0.25) is 11.9 Å². The highest BCUT2D eigenvalue weighted by Gasteiger charge is 2.13. The summed E-state index contributed by atoms with van der Waals surface area (Å²) in [5.74, 6) is 0.180. The Morgan fingerprint density at radius 3 is 2.09 bits per heavy atom. The van der Waals surface area contributed by atoms with E-state index >= 15 is 0 Å². The van der Waals surface area contributed by atoms with Gasteiger partial charge in [-0.1, -0.05) is 36.4 Å². The number of rotatable bonds is 6. The molecule has 35 heavy (non-hydrogen) atoms. The largest absolute Gasteiger partial charge is 0.326 e. The van der Waals surface area contributed by atoms with Crippen molar-refractivity contribution in [2.24, 2.45) is 0 Å². The van der Waals surface area contributed by atoms with Crippen LogP contribution < -0.4 is 16.0 Å². The van der Waals surface area contributed by atoms with Crippen LogP contribution in [0.3, 0.4) is 0 Å². The quantitative estimate of drug-likeness (QED) is 0.323. The van der Waals surface area contributed by atoms with Crippen LogP contribution in [0.2, 0.25) is 0 Å². The number of aromatic nitrogens is 2. The molecule has 0 unspecified atom stereocenters. The minimum atomic E-state index is -0.144. The van der Waals surface area contributed by atoms with Gasteiger partial charge in [-0.05, 0) is 67.8 Å². The maximum absolute atomic E-state index is 12.9. The zero-order valence-electron chi connectivity index (χ0n) is 20.1. The predicted molar refractivity (Wildman–Crippen MR) is 140 cm³/mol. The van der Waals surface area contributed by atoms with E-state index < -0.39 is 0 Å². The summed E-state index contributed by atoms with van der Waals surface area (Å²) in [6.07, 6.45) is 1.76. The minimum Gasteiger partial charge on any atom is -0.326 e. The molecule has 7 heteroatoms. The van der Waals surface area contributed by atoms with Crippen molar-refractivity contribution in [3.63, 3.8) is 0 Å². The molecule has 4 rings (SSSR count). The highest BCUT2D eigenvalue weighted by Crippen LogP contribution is 2.26. The normalized spacial score (nSPS) is 10.5. The molecule has 3 aromatic carbocycles. The van der Waals surface area contributed by atoms with Gasteiger partial charge in [0, 0.05) is 41.3 Å². The molecule has 2 amide bonds. The molecular formula is C28H27N5O2. The molecule has 0 spiro atoms. The van der Waals surface area contributed by atoms with E-state index in [1.807, 2.05) is 87.5 Å². The van der Waals surface area contributed by atoms with Gasteiger partial charge in [0.25, 0.3) is 5.91 Å². The van der Waals surface area contributed by atoms with Crippen molar-refractivity contribution in [2.45, 2.75) is 27.7 Å². The molecule has 0 aliphatic carbocycles. The van der Waals surface area contributed by atoms with Crippen LogP contribution >= 0.6 is 0 Å². The Morgan fingerprint density at radius 1 is 0.743 bits per heavy atom. The van der Waals surface area contributed by atoms with Crippen LogP contribution in [0.15, 0.2) is 72.9 Å². The summed E-state index contributed by atoms with van der Waals surface area (Å²) in [5.41, 5.74) is 7.33. The first-order valence-corrected chi connectivity index (χ1v) is 11.3. The molecule has 0 bridgehead atoms. The molecule has 3 N–H and O–H groups in total. The lowest BCUT2D eigenvalue weighted by atomic mass is 10.0. The van der Waals surface area contributed by atoms with Crippen LogP contribution in [0.5, 0.6) is 0 Å². The average Bonchev–Trinajstić information content (AvgIpc) is 2.81. The van der Waals surface area contributed by atoms with E-state index in [-0.39, 0.29) is 11.8 Å². The number of benzene rings is 3. The molecule has 4 aromatic rings. The lowest BCUT2D eigenvalue weighted by molar-refractivity contribution is -0.114. The van der Waals surface area contributed by atoms with Crippen molar-refractivity contribution in [1.82, 2.24) is 9.97 Å². The van der Waals surface area contributed by atoms with Gasteiger partial charge in [0.15, 0.2) is 0 Å². The molecule has 0 radical (unpaired) electrons. The zero-order chi connectivity index (χ0) is 24.9. The second-order valence-corrected chi connectivity index (χ2v) is 8.41. The van der Waals surface area contributed by atoms with Gasteiger partial charge >= 0.3 is 0 Å². The van der Waals surface area contributed by atoms with E-state index in [9.17, 15) is 9.59 Å². The summed E-state index contributed by atoms with van der Waals surface area (Å²) >= 11 is 0. The summed E-state index contributed by atoms with van der Waals surface area (Å²) in [5, 5.41) is 8.97. The third-order valence-electron chi connectivity index (χ3n) is 5.54. The van der Waals surface area contributed by atoms with Crippen molar-refractivity contribution in [3.05, 3.63) is 95.2 Å². The second kappa shape index (κ2) is 10.2. The molecule has 0 atom stereocenters. The molecule has 0 aliphatic rings. The van der Waals surface area contributed by atoms with E-state index in [1.165, 1.54) is 6.92 Å². The Kier molecular flexibility index (Phi) is 6.87. The number of hydrogen-bond donors (Lipinski definition) is 3. The van der Waals surface area contributed by atoms with Gasteiger partial charge in [-0.2, -0.15) is 0 Å². The number of anilines is 4. The Morgan fingerprint density at radius 2 is 1.40 bits per heavy atom. The van der Waals surface area contributed by atoms with E-state index in [0.717, 1.165) is 39.3 Å². The fourth-order valence-corrected chi connectivity index (χ4v) is 3.88. The van der Waals surface area contributed by atoms with E-state index in [0.29, 0.717) is 17.2 Å². The van der Waals surface area contributed by atoms with E-state index in [2.05, 4.69) is 20.9 Å². The number of nitrogens with one attached hydrogen (secondary N) is 3. The second-order valence-electron chi connectivity index (χ2n) is 8.41. The van der Waals surface area contributed by atoms with Gasteiger partial charge in [-0.15, -0.1) is 0 Å². The van der Waals surface area contributed by atoms with Crippen molar-refractivity contribution in [1.29, 1.82) is 0 Å². The van der Waals surface area contributed by atoms with Crippen molar-refractivity contribution < 1.29 is 9.59 Å². The molecule has 1 heterocycles. The first-order chi connectivity index (χ1) is 16.8. The Hall–Kier alpha value is -4.52. The average molecular weight is 466 g/mol. The fraction of sp³-hybridized carbons (Fsp3) is 0.143. The Balaban J connectivity index is 1.53. The standard InChI is InChI=1S/C28H27N5O2/c1-17-7-5-8-18(2)25(17)27(35)31-23-9-6-10-24(15-23)32-28-29-16-19(3)26(33-28)21-11-13-22(14-12-21)30-20(4)34/h5-16H,1-4H3,(H,30,34)(H,31,35)(H,29,32,33).